The minimum absolute atomic E-state index is 0.339. The second kappa shape index (κ2) is 4.23. The number of nitrogens with zero attached hydrogens (tertiary/aromatic N) is 1. The Kier molecular flexibility index (Phi) is 3.05. The maximum absolute atomic E-state index is 11.3. The molecule has 0 N–H and O–H groups in total. The van der Waals surface area contributed by atoms with E-state index in [9.17, 15) is 8.42 Å². The van der Waals surface area contributed by atoms with Crippen molar-refractivity contribution in [1.29, 1.82) is 0 Å². The molecule has 90 valence electrons. The maximum atomic E-state index is 11.3. The second-order valence-corrected chi connectivity index (χ2v) is 7.18. The average Bonchev–Trinajstić information content (AvgIpc) is 2.58. The summed E-state index contributed by atoms with van der Waals surface area (Å²) in [6, 6.07) is 6.84. The van der Waals surface area contributed by atoms with E-state index in [1.54, 1.807) is 35.6 Å². The Morgan fingerprint density at radius 1 is 1.12 bits per heavy atom. The zero-order valence-electron chi connectivity index (χ0n) is 9.89. The number of hydrogen-bond donors (Lipinski definition) is 0. The molecule has 0 atom stereocenters. The molecular weight excluding hydrogens is 254 g/mol. The van der Waals surface area contributed by atoms with Crippen LogP contribution in [-0.4, -0.2) is 19.7 Å². The first-order chi connectivity index (χ1) is 7.88. The van der Waals surface area contributed by atoms with Crippen molar-refractivity contribution in [1.82, 2.24) is 4.98 Å². The van der Waals surface area contributed by atoms with E-state index in [1.807, 2.05) is 13.8 Å². The molecule has 1 aromatic heterocycles. The molecule has 1 aromatic carbocycles. The molecule has 0 amide bonds. The van der Waals surface area contributed by atoms with Crippen LogP contribution in [-0.2, 0) is 9.84 Å². The molecule has 0 saturated carbocycles. The summed E-state index contributed by atoms with van der Waals surface area (Å²) < 4.78 is 22.7. The lowest BCUT2D eigenvalue weighted by molar-refractivity contribution is 0.602. The number of sulfone groups is 1. The molecule has 5 heteroatoms. The summed E-state index contributed by atoms with van der Waals surface area (Å²) in [6.07, 6.45) is 1.21. The van der Waals surface area contributed by atoms with Crippen LogP contribution in [0.5, 0.6) is 0 Å². The first kappa shape index (κ1) is 12.3. The number of hydrogen-bond acceptors (Lipinski definition) is 4. The predicted molar refractivity (Wildman–Crippen MR) is 70.1 cm³/mol. The van der Waals surface area contributed by atoms with Crippen molar-refractivity contribution in [2.45, 2.75) is 18.7 Å². The summed E-state index contributed by atoms with van der Waals surface area (Å²) in [5.41, 5.74) is 1.98. The lowest BCUT2D eigenvalue weighted by atomic mass is 10.2. The first-order valence-corrected chi connectivity index (χ1v) is 7.83. The lowest BCUT2D eigenvalue weighted by Crippen LogP contribution is -1.96. The Balaban J connectivity index is 2.42. The highest BCUT2D eigenvalue weighted by Crippen LogP contribution is 2.27. The molecule has 1 heterocycles. The Morgan fingerprint density at radius 3 is 2.12 bits per heavy atom. The molecule has 0 fully saturated rings. The van der Waals surface area contributed by atoms with E-state index in [2.05, 4.69) is 4.98 Å². The van der Waals surface area contributed by atoms with E-state index in [4.69, 9.17) is 0 Å². The van der Waals surface area contributed by atoms with E-state index >= 15 is 0 Å². The number of benzene rings is 1. The van der Waals surface area contributed by atoms with Crippen LogP contribution in [0.1, 0.15) is 10.6 Å². The van der Waals surface area contributed by atoms with Gasteiger partial charge in [-0.3, -0.25) is 0 Å². The number of aryl methyl sites for hydroxylation is 2. The monoisotopic (exact) mass is 267 g/mol. The van der Waals surface area contributed by atoms with Gasteiger partial charge in [-0.1, -0.05) is 12.1 Å². The van der Waals surface area contributed by atoms with E-state index in [0.29, 0.717) is 4.90 Å². The standard InChI is InChI=1S/C12H13NO2S2/c1-8-9(2)16-12(13-8)10-4-6-11(7-5-10)17(3,14)15/h4-7H,1-3H3. The van der Waals surface area contributed by atoms with Gasteiger partial charge in [-0.05, 0) is 26.0 Å². The smallest absolute Gasteiger partial charge is 0.175 e. The molecule has 0 bridgehead atoms. The molecule has 0 aliphatic carbocycles. The van der Waals surface area contributed by atoms with Crippen LogP contribution in [0, 0.1) is 13.8 Å². The van der Waals surface area contributed by atoms with Crippen molar-refractivity contribution in [3.05, 3.63) is 34.8 Å². The van der Waals surface area contributed by atoms with Gasteiger partial charge in [-0.15, -0.1) is 11.3 Å². The van der Waals surface area contributed by atoms with Gasteiger partial charge in [0.05, 0.1) is 10.6 Å². The Labute approximate surface area is 105 Å². The lowest BCUT2D eigenvalue weighted by Gasteiger charge is -1.99. The second-order valence-electron chi connectivity index (χ2n) is 3.96. The van der Waals surface area contributed by atoms with E-state index < -0.39 is 9.84 Å². The van der Waals surface area contributed by atoms with E-state index in [0.717, 1.165) is 16.3 Å². The molecule has 0 aliphatic heterocycles. The Morgan fingerprint density at radius 2 is 1.71 bits per heavy atom. The number of aromatic nitrogens is 1. The zero-order valence-corrected chi connectivity index (χ0v) is 11.5. The summed E-state index contributed by atoms with van der Waals surface area (Å²) in [6.45, 7) is 4.00. The Bertz CT molecular complexity index is 620. The fraction of sp³-hybridized carbons (Fsp3) is 0.250. The molecule has 2 aromatic rings. The van der Waals surface area contributed by atoms with Gasteiger partial charge in [-0.2, -0.15) is 0 Å². The third kappa shape index (κ3) is 2.56. The molecule has 2 rings (SSSR count). The van der Waals surface area contributed by atoms with Crippen LogP contribution in [0.15, 0.2) is 29.2 Å². The summed E-state index contributed by atoms with van der Waals surface area (Å²) in [7, 11) is -3.12. The molecule has 0 saturated heterocycles. The van der Waals surface area contributed by atoms with Crippen molar-refractivity contribution in [3.8, 4) is 10.6 Å². The van der Waals surface area contributed by atoms with Gasteiger partial charge in [0, 0.05) is 16.7 Å². The van der Waals surface area contributed by atoms with Crippen molar-refractivity contribution in [2.24, 2.45) is 0 Å². The third-order valence-electron chi connectivity index (χ3n) is 2.56. The fourth-order valence-corrected chi connectivity index (χ4v) is 2.99. The quantitative estimate of drug-likeness (QED) is 0.840. The highest BCUT2D eigenvalue weighted by Gasteiger charge is 2.09. The number of thiazole rings is 1. The summed E-state index contributed by atoms with van der Waals surface area (Å²) in [5, 5.41) is 0.931. The van der Waals surface area contributed by atoms with Gasteiger partial charge >= 0.3 is 0 Å². The molecule has 0 radical (unpaired) electrons. The van der Waals surface area contributed by atoms with Crippen molar-refractivity contribution >= 4 is 21.2 Å². The van der Waals surface area contributed by atoms with Gasteiger partial charge in [0.25, 0.3) is 0 Å². The third-order valence-corrected chi connectivity index (χ3v) is 4.81. The van der Waals surface area contributed by atoms with Crippen LogP contribution >= 0.6 is 11.3 Å². The van der Waals surface area contributed by atoms with E-state index in [1.165, 1.54) is 11.1 Å². The van der Waals surface area contributed by atoms with Crippen molar-refractivity contribution in [3.63, 3.8) is 0 Å². The van der Waals surface area contributed by atoms with Crippen LogP contribution < -0.4 is 0 Å². The van der Waals surface area contributed by atoms with Crippen LogP contribution in [0.3, 0.4) is 0 Å². The predicted octanol–water partition coefficient (Wildman–Crippen LogP) is 2.83. The minimum Gasteiger partial charge on any atom is -0.241 e. The molecule has 0 spiro atoms. The van der Waals surface area contributed by atoms with Crippen molar-refractivity contribution < 1.29 is 8.42 Å². The summed E-state index contributed by atoms with van der Waals surface area (Å²) in [5.74, 6) is 0. The van der Waals surface area contributed by atoms with Gasteiger partial charge in [0.15, 0.2) is 9.84 Å². The van der Waals surface area contributed by atoms with Crippen molar-refractivity contribution in [2.75, 3.05) is 6.26 Å². The van der Waals surface area contributed by atoms with Crippen LogP contribution in [0.2, 0.25) is 0 Å². The first-order valence-electron chi connectivity index (χ1n) is 5.12. The topological polar surface area (TPSA) is 47.0 Å². The molecular formula is C12H13NO2S2. The number of rotatable bonds is 2. The van der Waals surface area contributed by atoms with Gasteiger partial charge < -0.3 is 0 Å². The summed E-state index contributed by atoms with van der Waals surface area (Å²) >= 11 is 1.62. The van der Waals surface area contributed by atoms with Crippen LogP contribution in [0.4, 0.5) is 0 Å². The van der Waals surface area contributed by atoms with Crippen LogP contribution in [0.25, 0.3) is 10.6 Å². The molecule has 17 heavy (non-hydrogen) atoms. The largest absolute Gasteiger partial charge is 0.241 e. The highest BCUT2D eigenvalue weighted by atomic mass is 32.2. The molecule has 0 aliphatic rings. The minimum atomic E-state index is -3.12. The highest BCUT2D eigenvalue weighted by molar-refractivity contribution is 7.90. The fourth-order valence-electron chi connectivity index (χ4n) is 1.44. The van der Waals surface area contributed by atoms with Gasteiger partial charge in [0.2, 0.25) is 0 Å². The normalized spacial score (nSPS) is 11.7. The SMILES string of the molecule is Cc1nc(-c2ccc(S(C)(=O)=O)cc2)sc1C. The van der Waals surface area contributed by atoms with Gasteiger partial charge in [-0.25, -0.2) is 13.4 Å². The zero-order chi connectivity index (χ0) is 12.6. The van der Waals surface area contributed by atoms with Gasteiger partial charge in [0.1, 0.15) is 5.01 Å². The van der Waals surface area contributed by atoms with E-state index in [-0.39, 0.29) is 0 Å². The average molecular weight is 267 g/mol. The maximum Gasteiger partial charge on any atom is 0.175 e. The molecule has 3 nitrogen and oxygen atoms in total. The summed E-state index contributed by atoms with van der Waals surface area (Å²) in [4.78, 5) is 5.97. The molecule has 0 unspecified atom stereocenters. The Hall–Kier alpha value is -1.20.